The number of likely N-dealkylation sites (tertiary alicyclic amines) is 1. The summed E-state index contributed by atoms with van der Waals surface area (Å²) in [5, 5.41) is 3.62. The number of piperidine rings is 1. The van der Waals surface area contributed by atoms with Gasteiger partial charge in [0.2, 0.25) is 0 Å². The molecule has 0 amide bonds. The Morgan fingerprint density at radius 3 is 2.04 bits per heavy atom. The van der Waals surface area contributed by atoms with Gasteiger partial charge in [-0.3, -0.25) is 4.90 Å². The molecule has 1 aliphatic heterocycles. The fourth-order valence-electron chi connectivity index (χ4n) is 3.63. The Hall–Kier alpha value is -2.60. The van der Waals surface area contributed by atoms with E-state index in [1.807, 2.05) is 30.3 Å². The van der Waals surface area contributed by atoms with Gasteiger partial charge < -0.3 is 24.3 Å². The Kier molecular flexibility index (Phi) is 6.87. The van der Waals surface area contributed by atoms with Crippen molar-refractivity contribution in [2.75, 3.05) is 46.8 Å². The summed E-state index contributed by atoms with van der Waals surface area (Å²) in [4.78, 5) is 2.46. The molecule has 0 aliphatic carbocycles. The van der Waals surface area contributed by atoms with Gasteiger partial charge in [-0.15, -0.1) is 0 Å². The lowest BCUT2D eigenvalue weighted by molar-refractivity contribution is 0.208. The van der Waals surface area contributed by atoms with Crippen LogP contribution in [0.1, 0.15) is 18.4 Å². The summed E-state index contributed by atoms with van der Waals surface area (Å²) in [7, 11) is 6.77. The molecule has 2 aromatic rings. The molecule has 0 atom stereocenters. The second kappa shape index (κ2) is 9.55. The SMILES string of the molecule is COc1ccc(OC)c(CN2CCC(Nc3cc(OC)ccc3OC)CC2)c1. The number of methoxy groups -OCH3 is 4. The first-order valence-electron chi connectivity index (χ1n) is 9.58. The van der Waals surface area contributed by atoms with Crippen LogP contribution in [0.4, 0.5) is 5.69 Å². The van der Waals surface area contributed by atoms with Crippen LogP contribution in [0, 0.1) is 0 Å². The number of hydrogen-bond acceptors (Lipinski definition) is 6. The molecule has 1 heterocycles. The van der Waals surface area contributed by atoms with Crippen LogP contribution < -0.4 is 24.3 Å². The van der Waals surface area contributed by atoms with E-state index in [-0.39, 0.29) is 0 Å². The number of hydrogen-bond donors (Lipinski definition) is 1. The summed E-state index contributed by atoms with van der Waals surface area (Å²) in [6, 6.07) is 12.2. The summed E-state index contributed by atoms with van der Waals surface area (Å²) < 4.78 is 21.7. The lowest BCUT2D eigenvalue weighted by atomic mass is 10.0. The molecule has 152 valence electrons. The zero-order valence-electron chi connectivity index (χ0n) is 17.2. The van der Waals surface area contributed by atoms with E-state index in [2.05, 4.69) is 16.3 Å². The maximum Gasteiger partial charge on any atom is 0.142 e. The quantitative estimate of drug-likeness (QED) is 0.745. The monoisotopic (exact) mass is 386 g/mol. The molecule has 6 nitrogen and oxygen atoms in total. The van der Waals surface area contributed by atoms with Crippen molar-refractivity contribution in [3.63, 3.8) is 0 Å². The van der Waals surface area contributed by atoms with Crippen molar-refractivity contribution in [3.8, 4) is 23.0 Å². The largest absolute Gasteiger partial charge is 0.497 e. The van der Waals surface area contributed by atoms with Gasteiger partial charge in [0.15, 0.2) is 0 Å². The Balaban J connectivity index is 1.60. The molecule has 1 fully saturated rings. The van der Waals surface area contributed by atoms with Crippen LogP contribution in [0.5, 0.6) is 23.0 Å². The van der Waals surface area contributed by atoms with E-state index in [4.69, 9.17) is 18.9 Å². The minimum atomic E-state index is 0.407. The van der Waals surface area contributed by atoms with Crippen LogP contribution in [-0.2, 0) is 6.54 Å². The third-order valence-corrected chi connectivity index (χ3v) is 5.24. The first-order chi connectivity index (χ1) is 13.7. The Morgan fingerprint density at radius 2 is 1.43 bits per heavy atom. The van der Waals surface area contributed by atoms with Crippen molar-refractivity contribution in [1.29, 1.82) is 0 Å². The second-order valence-electron chi connectivity index (χ2n) is 6.94. The number of nitrogens with zero attached hydrogens (tertiary/aromatic N) is 1. The van der Waals surface area contributed by atoms with E-state index in [0.29, 0.717) is 6.04 Å². The highest BCUT2D eigenvalue weighted by molar-refractivity contribution is 5.60. The Labute approximate surface area is 167 Å². The first kappa shape index (κ1) is 20.1. The smallest absolute Gasteiger partial charge is 0.142 e. The third-order valence-electron chi connectivity index (χ3n) is 5.24. The highest BCUT2D eigenvalue weighted by Gasteiger charge is 2.21. The molecule has 3 rings (SSSR count). The molecular weight excluding hydrogens is 356 g/mol. The van der Waals surface area contributed by atoms with Gasteiger partial charge in [0, 0.05) is 37.3 Å². The van der Waals surface area contributed by atoms with E-state index < -0.39 is 0 Å². The predicted molar refractivity (Wildman–Crippen MR) is 111 cm³/mol. The molecule has 1 N–H and O–H groups in total. The average Bonchev–Trinajstić information content (AvgIpc) is 2.75. The molecule has 0 spiro atoms. The van der Waals surface area contributed by atoms with Crippen molar-refractivity contribution < 1.29 is 18.9 Å². The van der Waals surface area contributed by atoms with Gasteiger partial charge in [-0.2, -0.15) is 0 Å². The second-order valence-corrected chi connectivity index (χ2v) is 6.94. The fourth-order valence-corrected chi connectivity index (χ4v) is 3.63. The zero-order chi connectivity index (χ0) is 19.9. The van der Waals surface area contributed by atoms with E-state index in [1.54, 1.807) is 28.4 Å². The normalized spacial score (nSPS) is 15.1. The van der Waals surface area contributed by atoms with Gasteiger partial charge in [0.25, 0.3) is 0 Å². The van der Waals surface area contributed by atoms with Gasteiger partial charge in [-0.1, -0.05) is 0 Å². The minimum absolute atomic E-state index is 0.407. The summed E-state index contributed by atoms with van der Waals surface area (Å²) in [6.07, 6.45) is 2.12. The lowest BCUT2D eigenvalue weighted by Crippen LogP contribution is -2.38. The van der Waals surface area contributed by atoms with E-state index >= 15 is 0 Å². The van der Waals surface area contributed by atoms with Crippen LogP contribution in [0.15, 0.2) is 36.4 Å². The van der Waals surface area contributed by atoms with Crippen LogP contribution in [-0.4, -0.2) is 52.5 Å². The third kappa shape index (κ3) is 4.81. The number of benzene rings is 2. The molecule has 6 heteroatoms. The predicted octanol–water partition coefficient (Wildman–Crippen LogP) is 3.80. The van der Waals surface area contributed by atoms with Gasteiger partial charge in [-0.05, 0) is 43.2 Å². The molecular formula is C22H30N2O4. The number of anilines is 1. The number of ether oxygens (including phenoxy) is 4. The van der Waals surface area contributed by atoms with Gasteiger partial charge in [0.05, 0.1) is 34.1 Å². The van der Waals surface area contributed by atoms with Crippen molar-refractivity contribution in [2.24, 2.45) is 0 Å². The topological polar surface area (TPSA) is 52.2 Å². The van der Waals surface area contributed by atoms with Crippen LogP contribution >= 0.6 is 0 Å². The standard InChI is InChI=1S/C22H30N2O4/c1-25-18-5-7-21(27-3)16(13-18)15-24-11-9-17(10-12-24)23-20-14-19(26-2)6-8-22(20)28-4/h5-8,13-14,17,23H,9-12,15H2,1-4H3. The summed E-state index contributed by atoms with van der Waals surface area (Å²) in [6.45, 7) is 2.89. The first-order valence-corrected chi connectivity index (χ1v) is 9.58. The van der Waals surface area contributed by atoms with Crippen molar-refractivity contribution >= 4 is 5.69 Å². The molecule has 0 radical (unpaired) electrons. The molecule has 2 aromatic carbocycles. The molecule has 1 saturated heterocycles. The Morgan fingerprint density at radius 1 is 0.821 bits per heavy atom. The number of rotatable bonds is 8. The summed E-state index contributed by atoms with van der Waals surface area (Å²) in [5.74, 6) is 3.43. The summed E-state index contributed by atoms with van der Waals surface area (Å²) in [5.41, 5.74) is 2.14. The molecule has 1 aliphatic rings. The molecule has 0 saturated carbocycles. The lowest BCUT2D eigenvalue weighted by Gasteiger charge is -2.33. The van der Waals surface area contributed by atoms with E-state index in [9.17, 15) is 0 Å². The van der Waals surface area contributed by atoms with E-state index in [0.717, 1.165) is 66.7 Å². The highest BCUT2D eigenvalue weighted by atomic mass is 16.5. The average molecular weight is 386 g/mol. The fraction of sp³-hybridized carbons (Fsp3) is 0.455. The van der Waals surface area contributed by atoms with Crippen LogP contribution in [0.3, 0.4) is 0 Å². The van der Waals surface area contributed by atoms with Gasteiger partial charge in [-0.25, -0.2) is 0 Å². The van der Waals surface area contributed by atoms with Gasteiger partial charge in [0.1, 0.15) is 23.0 Å². The van der Waals surface area contributed by atoms with E-state index in [1.165, 1.54) is 0 Å². The van der Waals surface area contributed by atoms with Crippen molar-refractivity contribution in [1.82, 2.24) is 4.90 Å². The molecule has 0 unspecified atom stereocenters. The minimum Gasteiger partial charge on any atom is -0.497 e. The molecule has 28 heavy (non-hydrogen) atoms. The van der Waals surface area contributed by atoms with Crippen molar-refractivity contribution in [3.05, 3.63) is 42.0 Å². The maximum atomic E-state index is 5.51. The molecule has 0 aromatic heterocycles. The highest BCUT2D eigenvalue weighted by Crippen LogP contribution is 2.31. The summed E-state index contributed by atoms with van der Waals surface area (Å²) >= 11 is 0. The van der Waals surface area contributed by atoms with Crippen LogP contribution in [0.2, 0.25) is 0 Å². The van der Waals surface area contributed by atoms with Gasteiger partial charge >= 0.3 is 0 Å². The Bertz CT molecular complexity index is 708. The maximum absolute atomic E-state index is 5.51. The van der Waals surface area contributed by atoms with Crippen LogP contribution in [0.25, 0.3) is 0 Å². The number of nitrogens with one attached hydrogen (secondary N) is 1. The zero-order valence-corrected chi connectivity index (χ0v) is 17.2. The molecule has 0 bridgehead atoms. The van der Waals surface area contributed by atoms with Crippen molar-refractivity contribution in [2.45, 2.75) is 25.4 Å².